The lowest BCUT2D eigenvalue weighted by atomic mass is 9.86. The first kappa shape index (κ1) is 26.3. The number of benzene rings is 2. The minimum absolute atomic E-state index is 0.243. The Balaban J connectivity index is 1.01. The van der Waals surface area contributed by atoms with Crippen LogP contribution in [-0.2, 0) is 9.84 Å². The van der Waals surface area contributed by atoms with E-state index in [2.05, 4.69) is 20.4 Å². The minimum atomic E-state index is -3.28. The van der Waals surface area contributed by atoms with Crippen LogP contribution in [0.4, 0.5) is 4.39 Å². The molecule has 0 amide bonds. The van der Waals surface area contributed by atoms with Crippen LogP contribution in [0.15, 0.2) is 41.3 Å². The van der Waals surface area contributed by atoms with E-state index >= 15 is 4.39 Å². The topological polar surface area (TPSA) is 58.4 Å². The van der Waals surface area contributed by atoms with Gasteiger partial charge in [-0.15, -0.1) is 0 Å². The quantitative estimate of drug-likeness (QED) is 0.337. The zero-order valence-corrected chi connectivity index (χ0v) is 24.8. The average Bonchev–Trinajstić information content (AvgIpc) is 3.89. The molecule has 2 atom stereocenters. The molecule has 0 N–H and O–H groups in total. The third-order valence-corrected chi connectivity index (χ3v) is 11.9. The summed E-state index contributed by atoms with van der Waals surface area (Å²) in [6.45, 7) is 3.57. The van der Waals surface area contributed by atoms with E-state index in [1.807, 2.05) is 0 Å². The summed E-state index contributed by atoms with van der Waals surface area (Å²) in [4.78, 5) is 10.7. The van der Waals surface area contributed by atoms with Gasteiger partial charge in [0.05, 0.1) is 10.4 Å². The van der Waals surface area contributed by atoms with Crippen molar-refractivity contribution in [2.75, 3.05) is 25.9 Å². The van der Waals surface area contributed by atoms with E-state index in [0.717, 1.165) is 85.3 Å². The van der Waals surface area contributed by atoms with Crippen LogP contribution in [0.3, 0.4) is 0 Å². The Labute approximate surface area is 242 Å². The molecule has 5 fully saturated rings. The van der Waals surface area contributed by atoms with Crippen LogP contribution >= 0.6 is 0 Å². The smallest absolute Gasteiger partial charge is 0.175 e. The summed E-state index contributed by atoms with van der Waals surface area (Å²) in [6.07, 6.45) is 13.8. The van der Waals surface area contributed by atoms with Gasteiger partial charge in [-0.25, -0.2) is 17.8 Å². The second-order valence-corrected chi connectivity index (χ2v) is 15.7. The molecule has 2 bridgehead atoms. The normalized spacial score (nSPS) is 28.1. The monoisotopic (exact) mass is 576 g/mol. The van der Waals surface area contributed by atoms with Gasteiger partial charge in [0.2, 0.25) is 0 Å². The summed E-state index contributed by atoms with van der Waals surface area (Å²) in [5.41, 5.74) is 3.24. The van der Waals surface area contributed by atoms with Crippen molar-refractivity contribution in [2.45, 2.75) is 99.2 Å². The molecule has 8 heteroatoms. The highest BCUT2D eigenvalue weighted by Gasteiger charge is 2.44. The number of rotatable bonds is 7. The number of halogens is 1. The van der Waals surface area contributed by atoms with E-state index in [1.165, 1.54) is 51.3 Å². The Morgan fingerprint density at radius 3 is 2.12 bits per heavy atom. The molecule has 2 saturated carbocycles. The van der Waals surface area contributed by atoms with Crippen molar-refractivity contribution in [1.82, 2.24) is 19.4 Å². The lowest BCUT2D eigenvalue weighted by molar-refractivity contribution is 0.0438. The number of aromatic nitrogens is 2. The van der Waals surface area contributed by atoms with E-state index in [9.17, 15) is 8.42 Å². The first-order valence-electron chi connectivity index (χ1n) is 15.8. The van der Waals surface area contributed by atoms with Gasteiger partial charge in [0.15, 0.2) is 15.7 Å². The Bertz CT molecular complexity index is 1550. The largest absolute Gasteiger partial charge is 0.321 e. The lowest BCUT2D eigenvalue weighted by Gasteiger charge is -2.45. The molecule has 6 nitrogen and oxygen atoms in total. The van der Waals surface area contributed by atoms with Crippen molar-refractivity contribution in [3.05, 3.63) is 47.8 Å². The van der Waals surface area contributed by atoms with Crippen molar-refractivity contribution < 1.29 is 12.8 Å². The van der Waals surface area contributed by atoms with Crippen molar-refractivity contribution in [3.63, 3.8) is 0 Å². The fourth-order valence-electron chi connectivity index (χ4n) is 8.20. The molecule has 3 aliphatic heterocycles. The third-order valence-electron chi connectivity index (χ3n) is 10.8. The van der Waals surface area contributed by atoms with Gasteiger partial charge in [-0.2, -0.15) is 0 Å². The highest BCUT2D eigenvalue weighted by atomic mass is 32.2. The number of piperidine rings is 2. The Morgan fingerprint density at radius 1 is 0.854 bits per heavy atom. The van der Waals surface area contributed by atoms with Crippen LogP contribution in [0.25, 0.3) is 22.4 Å². The molecular weight excluding hydrogens is 535 g/mol. The summed E-state index contributed by atoms with van der Waals surface area (Å²) < 4.78 is 41.8. The van der Waals surface area contributed by atoms with Gasteiger partial charge in [0, 0.05) is 42.5 Å². The molecule has 1 aromatic heterocycles. The molecule has 2 aromatic carbocycles. The Hall–Kier alpha value is -2.29. The number of sulfone groups is 1. The number of fused-ring (bicyclic) bond motifs is 3. The molecule has 0 spiro atoms. The molecule has 2 aliphatic carbocycles. The summed E-state index contributed by atoms with van der Waals surface area (Å²) in [5, 5.41) is 0. The minimum Gasteiger partial charge on any atom is -0.321 e. The molecule has 4 heterocycles. The number of likely N-dealkylation sites (tertiary alicyclic amines) is 1. The summed E-state index contributed by atoms with van der Waals surface area (Å²) in [5.74, 6) is 1.84. The van der Waals surface area contributed by atoms with Gasteiger partial charge < -0.3 is 9.47 Å². The number of hydrogen-bond acceptors (Lipinski definition) is 5. The maximum absolute atomic E-state index is 15.6. The first-order chi connectivity index (χ1) is 19.8. The summed E-state index contributed by atoms with van der Waals surface area (Å²) in [6, 6.07) is 13.4. The second-order valence-electron chi connectivity index (χ2n) is 13.7. The zero-order valence-electron chi connectivity index (χ0n) is 24.0. The fourth-order valence-corrected chi connectivity index (χ4v) is 8.83. The molecule has 41 heavy (non-hydrogen) atoms. The molecule has 3 saturated heterocycles. The molecule has 218 valence electrons. The molecule has 2 unspecified atom stereocenters. The van der Waals surface area contributed by atoms with Gasteiger partial charge in [-0.05, 0) is 131 Å². The molecular formula is C33H41FN4O2S. The third kappa shape index (κ3) is 4.94. The molecule has 5 aliphatic rings. The standard InChI is InChI=1S/C33H41FN4O2S/c1-41(39,40)29-10-4-23(5-11-29)33-35-32-30(34)16-24(17-31(32)38(33)25-6-7-25)22-12-14-36(15-13-22)28-18-26-8-9-27(19-28)37(26)20-21-2-3-21/h4-5,10-11,16-17,21-22,25-28H,2-3,6-9,12-15,18-20H2,1H3. The predicted molar refractivity (Wildman–Crippen MR) is 159 cm³/mol. The lowest BCUT2D eigenvalue weighted by Crippen LogP contribution is -2.52. The van der Waals surface area contributed by atoms with Gasteiger partial charge in [0.25, 0.3) is 0 Å². The maximum atomic E-state index is 15.6. The Kier molecular flexibility index (Phi) is 6.35. The number of hydrogen-bond donors (Lipinski definition) is 0. The zero-order chi connectivity index (χ0) is 27.9. The van der Waals surface area contributed by atoms with Crippen LogP contribution in [0.1, 0.15) is 81.7 Å². The number of imidazole rings is 1. The van der Waals surface area contributed by atoms with Gasteiger partial charge in [0.1, 0.15) is 11.3 Å². The van der Waals surface area contributed by atoms with E-state index in [1.54, 1.807) is 30.3 Å². The predicted octanol–water partition coefficient (Wildman–Crippen LogP) is 6.17. The highest BCUT2D eigenvalue weighted by Crippen LogP contribution is 2.44. The van der Waals surface area contributed by atoms with Crippen molar-refractivity contribution in [3.8, 4) is 11.4 Å². The average molecular weight is 577 g/mol. The van der Waals surface area contributed by atoms with Gasteiger partial charge in [-0.3, -0.25) is 4.90 Å². The van der Waals surface area contributed by atoms with Crippen LogP contribution in [0.5, 0.6) is 0 Å². The number of nitrogens with zero attached hydrogens (tertiary/aromatic N) is 4. The van der Waals surface area contributed by atoms with Crippen LogP contribution < -0.4 is 0 Å². The van der Waals surface area contributed by atoms with E-state index in [-0.39, 0.29) is 10.7 Å². The van der Waals surface area contributed by atoms with Crippen LogP contribution in [-0.4, -0.2) is 71.8 Å². The van der Waals surface area contributed by atoms with Crippen molar-refractivity contribution in [1.29, 1.82) is 0 Å². The fraction of sp³-hybridized carbons (Fsp3) is 0.606. The molecule has 3 aromatic rings. The maximum Gasteiger partial charge on any atom is 0.175 e. The van der Waals surface area contributed by atoms with Gasteiger partial charge in [-0.1, -0.05) is 0 Å². The SMILES string of the molecule is CS(=O)(=O)c1ccc(-c2nc3c(F)cc(C4CCN(C5CC6CCC(C5)N6CC5CC5)CC4)cc3n2C2CC2)cc1. The van der Waals surface area contributed by atoms with Crippen LogP contribution in [0.2, 0.25) is 0 Å². The first-order valence-corrected chi connectivity index (χ1v) is 17.7. The van der Waals surface area contributed by atoms with E-state index in [4.69, 9.17) is 4.98 Å². The highest BCUT2D eigenvalue weighted by molar-refractivity contribution is 7.90. The van der Waals surface area contributed by atoms with E-state index in [0.29, 0.717) is 17.5 Å². The van der Waals surface area contributed by atoms with Crippen molar-refractivity contribution >= 4 is 20.9 Å². The molecule has 8 rings (SSSR count). The Morgan fingerprint density at radius 2 is 1.51 bits per heavy atom. The van der Waals surface area contributed by atoms with E-state index < -0.39 is 9.84 Å². The molecule has 0 radical (unpaired) electrons. The summed E-state index contributed by atoms with van der Waals surface area (Å²) >= 11 is 0. The van der Waals surface area contributed by atoms with Crippen molar-refractivity contribution in [2.24, 2.45) is 5.92 Å². The second kappa shape index (κ2) is 9.88. The van der Waals surface area contributed by atoms with Crippen LogP contribution in [0, 0.1) is 11.7 Å². The summed E-state index contributed by atoms with van der Waals surface area (Å²) in [7, 11) is -3.28. The van der Waals surface area contributed by atoms with Gasteiger partial charge >= 0.3 is 0 Å².